The smallest absolute Gasteiger partial charge is 0.271 e. The van der Waals surface area contributed by atoms with E-state index in [9.17, 15) is 4.79 Å². The summed E-state index contributed by atoms with van der Waals surface area (Å²) in [7, 11) is 3.18. The second kappa shape index (κ2) is 7.63. The molecule has 2 heterocycles. The van der Waals surface area contributed by atoms with Gasteiger partial charge < -0.3 is 20.1 Å². The Hall–Kier alpha value is -2.12. The lowest BCUT2D eigenvalue weighted by atomic mass is 10.2. The highest BCUT2D eigenvalue weighted by atomic mass is 32.1. The third-order valence-corrected chi connectivity index (χ3v) is 5.00. The number of aromatic nitrogens is 1. The van der Waals surface area contributed by atoms with Crippen LogP contribution in [0.2, 0.25) is 0 Å². The molecule has 1 amide bonds. The minimum Gasteiger partial charge on any atom is -0.493 e. The number of carbonyl (C=O) groups excluding carboxylic acids is 1. The van der Waals surface area contributed by atoms with E-state index < -0.39 is 0 Å². The van der Waals surface area contributed by atoms with E-state index in [0.717, 1.165) is 30.0 Å². The molecule has 1 unspecified atom stereocenters. The van der Waals surface area contributed by atoms with Gasteiger partial charge in [-0.2, -0.15) is 0 Å². The molecular formula is C17H21N3O3S. The van der Waals surface area contributed by atoms with Crippen LogP contribution in [0.15, 0.2) is 23.6 Å². The molecule has 2 aromatic rings. The molecule has 2 N–H and O–H groups in total. The monoisotopic (exact) mass is 347 g/mol. The van der Waals surface area contributed by atoms with E-state index in [1.54, 1.807) is 14.2 Å². The van der Waals surface area contributed by atoms with Crippen molar-refractivity contribution in [3.63, 3.8) is 0 Å². The normalized spacial score (nSPS) is 16.8. The lowest BCUT2D eigenvalue weighted by molar-refractivity contribution is 0.0946. The summed E-state index contributed by atoms with van der Waals surface area (Å²) < 4.78 is 10.7. The number of benzene rings is 1. The lowest BCUT2D eigenvalue weighted by Crippen LogP contribution is -2.23. The van der Waals surface area contributed by atoms with E-state index in [4.69, 9.17) is 9.47 Å². The van der Waals surface area contributed by atoms with Gasteiger partial charge in [-0.1, -0.05) is 12.1 Å². The molecule has 24 heavy (non-hydrogen) atoms. The van der Waals surface area contributed by atoms with Crippen molar-refractivity contribution >= 4 is 17.2 Å². The molecule has 1 aromatic heterocycles. The summed E-state index contributed by atoms with van der Waals surface area (Å²) >= 11 is 1.53. The van der Waals surface area contributed by atoms with Crippen molar-refractivity contribution in [1.29, 1.82) is 0 Å². The molecule has 1 aromatic carbocycles. The maximum Gasteiger partial charge on any atom is 0.271 e. The van der Waals surface area contributed by atoms with Gasteiger partial charge in [0.25, 0.3) is 5.91 Å². The highest BCUT2D eigenvalue weighted by Gasteiger charge is 2.21. The Bertz CT molecular complexity index is 711. The molecule has 0 bridgehead atoms. The quantitative estimate of drug-likeness (QED) is 0.840. The van der Waals surface area contributed by atoms with Crippen molar-refractivity contribution < 1.29 is 14.3 Å². The molecule has 1 saturated heterocycles. The number of thiazole rings is 1. The molecule has 6 nitrogen and oxygen atoms in total. The van der Waals surface area contributed by atoms with Crippen LogP contribution in [0.3, 0.4) is 0 Å². The Morgan fingerprint density at radius 3 is 3.00 bits per heavy atom. The van der Waals surface area contributed by atoms with Crippen LogP contribution in [0.1, 0.15) is 39.9 Å². The average Bonchev–Trinajstić information content (AvgIpc) is 3.29. The summed E-state index contributed by atoms with van der Waals surface area (Å²) in [5.74, 6) is 1.10. The first-order valence-corrected chi connectivity index (χ1v) is 8.77. The minimum atomic E-state index is -0.180. The highest BCUT2D eigenvalue weighted by molar-refractivity contribution is 7.09. The van der Waals surface area contributed by atoms with Gasteiger partial charge in [0.2, 0.25) is 0 Å². The fourth-order valence-electron chi connectivity index (χ4n) is 2.81. The lowest BCUT2D eigenvalue weighted by Gasteiger charge is -2.12. The summed E-state index contributed by atoms with van der Waals surface area (Å²) in [6.07, 6.45) is 2.23. The number of hydrogen-bond acceptors (Lipinski definition) is 6. The number of nitrogens with zero attached hydrogens (tertiary/aromatic N) is 1. The van der Waals surface area contributed by atoms with Gasteiger partial charge in [-0.05, 0) is 25.5 Å². The van der Waals surface area contributed by atoms with Gasteiger partial charge in [0.15, 0.2) is 11.5 Å². The van der Waals surface area contributed by atoms with Crippen LogP contribution in [-0.2, 0) is 6.54 Å². The van der Waals surface area contributed by atoms with E-state index in [0.29, 0.717) is 23.7 Å². The van der Waals surface area contributed by atoms with Gasteiger partial charge in [-0.25, -0.2) is 4.98 Å². The fourth-order valence-corrected chi connectivity index (χ4v) is 3.71. The number of hydrogen-bond donors (Lipinski definition) is 2. The molecule has 0 saturated carbocycles. The Labute approximate surface area is 145 Å². The maximum absolute atomic E-state index is 12.3. The Morgan fingerprint density at radius 1 is 1.42 bits per heavy atom. The third-order valence-electron chi connectivity index (χ3n) is 4.04. The van der Waals surface area contributed by atoms with Crippen molar-refractivity contribution in [3.8, 4) is 11.5 Å². The van der Waals surface area contributed by atoms with Crippen LogP contribution in [0.5, 0.6) is 11.5 Å². The van der Waals surface area contributed by atoms with Crippen LogP contribution in [0.25, 0.3) is 0 Å². The number of ether oxygens (including phenoxy) is 2. The van der Waals surface area contributed by atoms with Crippen LogP contribution in [0.4, 0.5) is 0 Å². The topological polar surface area (TPSA) is 72.5 Å². The van der Waals surface area contributed by atoms with Crippen LogP contribution in [-0.4, -0.2) is 31.7 Å². The van der Waals surface area contributed by atoms with E-state index in [2.05, 4.69) is 15.6 Å². The molecule has 1 aliphatic heterocycles. The number of carbonyl (C=O) groups is 1. The summed E-state index contributed by atoms with van der Waals surface area (Å²) in [5.41, 5.74) is 1.32. The number of methoxy groups -OCH3 is 2. The highest BCUT2D eigenvalue weighted by Crippen LogP contribution is 2.30. The van der Waals surface area contributed by atoms with Crippen LogP contribution < -0.4 is 20.1 Å². The van der Waals surface area contributed by atoms with Crippen molar-refractivity contribution in [2.24, 2.45) is 0 Å². The molecule has 1 atom stereocenters. The largest absolute Gasteiger partial charge is 0.493 e. The van der Waals surface area contributed by atoms with Crippen LogP contribution >= 0.6 is 11.3 Å². The van der Waals surface area contributed by atoms with Gasteiger partial charge in [0, 0.05) is 17.5 Å². The molecule has 0 aliphatic carbocycles. The van der Waals surface area contributed by atoms with Gasteiger partial charge in [-0.3, -0.25) is 4.79 Å². The fraction of sp³-hybridized carbons (Fsp3) is 0.412. The summed E-state index contributed by atoms with van der Waals surface area (Å²) in [6.45, 7) is 1.37. The van der Waals surface area contributed by atoms with Crippen molar-refractivity contribution in [1.82, 2.24) is 15.6 Å². The molecule has 0 radical (unpaired) electrons. The summed E-state index contributed by atoms with van der Waals surface area (Å²) in [4.78, 5) is 16.8. The third kappa shape index (κ3) is 3.52. The number of para-hydroxylation sites is 1. The van der Waals surface area contributed by atoms with E-state index in [1.807, 2.05) is 23.6 Å². The zero-order chi connectivity index (χ0) is 16.9. The first kappa shape index (κ1) is 16.7. The molecule has 1 fully saturated rings. The van der Waals surface area contributed by atoms with E-state index in [1.165, 1.54) is 11.3 Å². The van der Waals surface area contributed by atoms with Crippen molar-refractivity contribution in [3.05, 3.63) is 39.8 Å². The molecule has 7 heteroatoms. The van der Waals surface area contributed by atoms with Gasteiger partial charge >= 0.3 is 0 Å². The molecule has 3 rings (SSSR count). The van der Waals surface area contributed by atoms with Crippen molar-refractivity contribution in [2.75, 3.05) is 20.8 Å². The standard InChI is InChI=1S/C17H21N3O3S/c1-22-14-7-3-5-11(15(14)23-2)9-19-16(21)13-10-24-17(20-13)12-6-4-8-18-12/h3,5,7,10,12,18H,4,6,8-9H2,1-2H3,(H,19,21). The van der Waals surface area contributed by atoms with Crippen LogP contribution in [0, 0.1) is 0 Å². The van der Waals surface area contributed by atoms with E-state index in [-0.39, 0.29) is 11.9 Å². The Kier molecular flexibility index (Phi) is 5.32. The van der Waals surface area contributed by atoms with Crippen molar-refractivity contribution in [2.45, 2.75) is 25.4 Å². The Balaban J connectivity index is 1.65. The molecular weight excluding hydrogens is 326 g/mol. The number of rotatable bonds is 6. The number of amides is 1. The molecule has 1 aliphatic rings. The van der Waals surface area contributed by atoms with E-state index >= 15 is 0 Å². The number of nitrogens with one attached hydrogen (secondary N) is 2. The predicted octanol–water partition coefficient (Wildman–Crippen LogP) is 2.51. The minimum absolute atomic E-state index is 0.180. The second-order valence-electron chi connectivity index (χ2n) is 5.56. The first-order valence-electron chi connectivity index (χ1n) is 7.89. The first-order chi connectivity index (χ1) is 11.7. The molecule has 0 spiro atoms. The van der Waals surface area contributed by atoms with Gasteiger partial charge in [0.1, 0.15) is 10.7 Å². The zero-order valence-electron chi connectivity index (χ0n) is 13.8. The Morgan fingerprint density at radius 2 is 2.29 bits per heavy atom. The molecule has 128 valence electrons. The SMILES string of the molecule is COc1cccc(CNC(=O)c2csc(C3CCCN3)n2)c1OC. The zero-order valence-corrected chi connectivity index (χ0v) is 14.6. The predicted molar refractivity (Wildman–Crippen MR) is 92.8 cm³/mol. The van der Waals surface area contributed by atoms with Gasteiger partial charge in [0.05, 0.1) is 20.3 Å². The average molecular weight is 347 g/mol. The second-order valence-corrected chi connectivity index (χ2v) is 6.44. The summed E-state index contributed by atoms with van der Waals surface area (Å²) in [6, 6.07) is 5.88. The summed E-state index contributed by atoms with van der Waals surface area (Å²) in [5, 5.41) is 9.09. The maximum atomic E-state index is 12.3. The van der Waals surface area contributed by atoms with Gasteiger partial charge in [-0.15, -0.1) is 11.3 Å².